The maximum atomic E-state index is 12.2. The summed E-state index contributed by atoms with van der Waals surface area (Å²) in [6, 6.07) is 11.7. The molecule has 19 heavy (non-hydrogen) atoms. The number of hydrogen-bond acceptors (Lipinski definition) is 2. The molecule has 0 aliphatic heterocycles. The lowest BCUT2D eigenvalue weighted by Crippen LogP contribution is -2.11. The Hall–Kier alpha value is -1.96. The molecule has 2 aromatic rings. The average molecular weight is 253 g/mol. The number of hydrogen-bond donors (Lipinski definition) is 0. The molecule has 0 saturated heterocycles. The van der Waals surface area contributed by atoms with Crippen LogP contribution in [0.5, 0.6) is 0 Å². The summed E-state index contributed by atoms with van der Waals surface area (Å²) in [5.74, 6) is 0.145. The Morgan fingerprint density at radius 3 is 2.11 bits per heavy atom. The highest BCUT2D eigenvalue weighted by Gasteiger charge is 2.14. The van der Waals surface area contributed by atoms with Gasteiger partial charge in [-0.05, 0) is 28.7 Å². The van der Waals surface area contributed by atoms with E-state index in [-0.39, 0.29) is 11.2 Å². The van der Waals surface area contributed by atoms with Crippen molar-refractivity contribution in [3.05, 3.63) is 65.5 Å². The molecule has 0 bridgehead atoms. The molecule has 0 aliphatic rings. The number of carbonyl (C=O) groups is 1. The number of ketones is 1. The minimum atomic E-state index is 0.118. The first-order chi connectivity index (χ1) is 8.97. The highest BCUT2D eigenvalue weighted by atomic mass is 16.1. The number of aromatic nitrogens is 1. The zero-order chi connectivity index (χ0) is 13.9. The Morgan fingerprint density at radius 2 is 1.58 bits per heavy atom. The number of Topliss-reactive ketones (excluding diaryl/α,β-unsaturated/α-hetero) is 1. The third kappa shape index (κ3) is 3.50. The van der Waals surface area contributed by atoms with Gasteiger partial charge >= 0.3 is 0 Å². The summed E-state index contributed by atoms with van der Waals surface area (Å²) in [6.45, 7) is 6.50. The van der Waals surface area contributed by atoms with Crippen molar-refractivity contribution in [1.29, 1.82) is 0 Å². The maximum absolute atomic E-state index is 12.2. The van der Waals surface area contributed by atoms with Crippen LogP contribution in [0.2, 0.25) is 0 Å². The topological polar surface area (TPSA) is 30.0 Å². The number of pyridine rings is 1. The monoisotopic (exact) mass is 253 g/mol. The normalized spacial score (nSPS) is 11.3. The Labute approximate surface area is 114 Å². The van der Waals surface area contributed by atoms with Gasteiger partial charge in [0.25, 0.3) is 0 Å². The van der Waals surface area contributed by atoms with Crippen LogP contribution in [0.25, 0.3) is 0 Å². The highest BCUT2D eigenvalue weighted by molar-refractivity contribution is 5.97. The Kier molecular flexibility index (Phi) is 3.79. The third-order valence-electron chi connectivity index (χ3n) is 3.19. The third-order valence-corrected chi connectivity index (χ3v) is 3.19. The minimum absolute atomic E-state index is 0.118. The van der Waals surface area contributed by atoms with Crippen LogP contribution in [0.4, 0.5) is 0 Å². The highest BCUT2D eigenvalue weighted by Crippen LogP contribution is 2.22. The van der Waals surface area contributed by atoms with Gasteiger partial charge in [-0.15, -0.1) is 0 Å². The summed E-state index contributed by atoms with van der Waals surface area (Å²) in [7, 11) is 0. The van der Waals surface area contributed by atoms with Crippen molar-refractivity contribution < 1.29 is 4.79 Å². The summed E-state index contributed by atoms with van der Waals surface area (Å²) in [5, 5.41) is 0. The molecule has 2 nitrogen and oxygen atoms in total. The number of nitrogens with zero attached hydrogens (tertiary/aromatic N) is 1. The molecular weight excluding hydrogens is 234 g/mol. The van der Waals surface area contributed by atoms with Crippen molar-refractivity contribution in [3.8, 4) is 0 Å². The number of carbonyl (C=O) groups excluding carboxylic acids is 1. The second-order valence-corrected chi connectivity index (χ2v) is 5.78. The van der Waals surface area contributed by atoms with Crippen LogP contribution in [-0.4, -0.2) is 10.8 Å². The van der Waals surface area contributed by atoms with Crippen LogP contribution in [-0.2, 0) is 11.8 Å². The fourth-order valence-corrected chi connectivity index (χ4v) is 1.94. The van der Waals surface area contributed by atoms with Crippen molar-refractivity contribution in [1.82, 2.24) is 4.98 Å². The first-order valence-corrected chi connectivity index (χ1v) is 6.49. The van der Waals surface area contributed by atoms with E-state index in [2.05, 4.69) is 25.8 Å². The van der Waals surface area contributed by atoms with Crippen molar-refractivity contribution in [3.63, 3.8) is 0 Å². The Morgan fingerprint density at radius 1 is 1.00 bits per heavy atom. The van der Waals surface area contributed by atoms with Gasteiger partial charge < -0.3 is 0 Å². The summed E-state index contributed by atoms with van der Waals surface area (Å²) in [6.07, 6.45) is 3.86. The van der Waals surface area contributed by atoms with Gasteiger partial charge in [-0.3, -0.25) is 9.78 Å². The van der Waals surface area contributed by atoms with E-state index in [4.69, 9.17) is 0 Å². The van der Waals surface area contributed by atoms with Crippen molar-refractivity contribution in [2.75, 3.05) is 0 Å². The molecule has 0 unspecified atom stereocenters. The van der Waals surface area contributed by atoms with Gasteiger partial charge in [0.2, 0.25) is 0 Å². The molecule has 2 heteroatoms. The van der Waals surface area contributed by atoms with E-state index in [1.165, 1.54) is 5.56 Å². The van der Waals surface area contributed by atoms with Gasteiger partial charge in [-0.25, -0.2) is 0 Å². The summed E-state index contributed by atoms with van der Waals surface area (Å²) >= 11 is 0. The van der Waals surface area contributed by atoms with E-state index in [9.17, 15) is 4.79 Å². The van der Waals surface area contributed by atoms with Gasteiger partial charge in [0, 0.05) is 24.4 Å². The maximum Gasteiger partial charge on any atom is 0.167 e. The second kappa shape index (κ2) is 5.35. The smallest absolute Gasteiger partial charge is 0.167 e. The number of rotatable bonds is 3. The van der Waals surface area contributed by atoms with Gasteiger partial charge in [-0.1, -0.05) is 45.0 Å². The summed E-state index contributed by atoms with van der Waals surface area (Å²) in [4.78, 5) is 16.1. The van der Waals surface area contributed by atoms with Gasteiger partial charge in [-0.2, -0.15) is 0 Å². The van der Waals surface area contributed by atoms with Crippen LogP contribution in [0.1, 0.15) is 42.3 Å². The number of benzene rings is 1. The van der Waals surface area contributed by atoms with Crippen molar-refractivity contribution >= 4 is 5.78 Å². The van der Waals surface area contributed by atoms with E-state index in [1.54, 1.807) is 12.4 Å². The summed E-state index contributed by atoms with van der Waals surface area (Å²) < 4.78 is 0. The fourth-order valence-electron chi connectivity index (χ4n) is 1.94. The molecule has 0 aliphatic carbocycles. The van der Waals surface area contributed by atoms with Crippen molar-refractivity contribution in [2.24, 2.45) is 0 Å². The largest absolute Gasteiger partial charge is 0.294 e. The fraction of sp³-hybridized carbons (Fsp3) is 0.294. The molecule has 2 rings (SSSR count). The molecule has 0 N–H and O–H groups in total. The van der Waals surface area contributed by atoms with Gasteiger partial charge in [0.05, 0.1) is 0 Å². The molecule has 0 fully saturated rings. The first kappa shape index (κ1) is 13.5. The molecule has 0 radical (unpaired) electrons. The quantitative estimate of drug-likeness (QED) is 0.779. The molecule has 0 amide bonds. The second-order valence-electron chi connectivity index (χ2n) is 5.78. The van der Waals surface area contributed by atoms with E-state index in [1.807, 2.05) is 36.4 Å². The average Bonchev–Trinajstić information content (AvgIpc) is 2.39. The molecule has 98 valence electrons. The molecule has 1 aromatic heterocycles. The van der Waals surface area contributed by atoms with Crippen LogP contribution >= 0.6 is 0 Å². The van der Waals surface area contributed by atoms with E-state index < -0.39 is 0 Å². The van der Waals surface area contributed by atoms with E-state index in [0.29, 0.717) is 6.42 Å². The molecule has 1 heterocycles. The zero-order valence-corrected chi connectivity index (χ0v) is 11.7. The first-order valence-electron chi connectivity index (χ1n) is 6.49. The Bertz CT molecular complexity index is 550. The Balaban J connectivity index is 2.12. The predicted octanol–water partition coefficient (Wildman–Crippen LogP) is 3.80. The molecule has 0 saturated carbocycles. The lowest BCUT2D eigenvalue weighted by atomic mass is 9.86. The van der Waals surface area contributed by atoms with Crippen LogP contribution in [0.15, 0.2) is 48.8 Å². The summed E-state index contributed by atoms with van der Waals surface area (Å²) in [5.41, 5.74) is 3.13. The van der Waals surface area contributed by atoms with Crippen molar-refractivity contribution in [2.45, 2.75) is 32.6 Å². The van der Waals surface area contributed by atoms with Crippen LogP contribution < -0.4 is 0 Å². The lowest BCUT2D eigenvalue weighted by molar-refractivity contribution is 0.0993. The molecule has 1 aromatic carbocycles. The zero-order valence-electron chi connectivity index (χ0n) is 11.7. The minimum Gasteiger partial charge on any atom is -0.294 e. The SMILES string of the molecule is CC(C)(C)c1ccc(C(=O)Cc2ccncc2)cc1. The van der Waals surface area contributed by atoms with E-state index in [0.717, 1.165) is 11.1 Å². The van der Waals surface area contributed by atoms with Crippen LogP contribution in [0.3, 0.4) is 0 Å². The predicted molar refractivity (Wildman–Crippen MR) is 77.4 cm³/mol. The van der Waals surface area contributed by atoms with Crippen LogP contribution in [0, 0.1) is 0 Å². The molecule has 0 spiro atoms. The van der Waals surface area contributed by atoms with Gasteiger partial charge in [0.15, 0.2) is 5.78 Å². The lowest BCUT2D eigenvalue weighted by Gasteiger charge is -2.18. The molecule has 0 atom stereocenters. The standard InChI is InChI=1S/C17H19NO/c1-17(2,3)15-6-4-14(5-7-15)16(19)12-13-8-10-18-11-9-13/h4-11H,12H2,1-3H3. The van der Waals surface area contributed by atoms with E-state index >= 15 is 0 Å². The van der Waals surface area contributed by atoms with Gasteiger partial charge in [0.1, 0.15) is 0 Å². The molecular formula is C17H19NO.